The number of aliphatic carboxylic acids is 1. The van der Waals surface area contributed by atoms with Crippen LogP contribution in [0, 0.1) is 5.92 Å². The Bertz CT molecular complexity index is 900. The predicted molar refractivity (Wildman–Crippen MR) is 88.6 cm³/mol. The number of aromatic nitrogens is 1. The number of amides is 2. The Morgan fingerprint density at radius 1 is 1.29 bits per heavy atom. The smallest absolute Gasteiger partial charge is 0.323 e. The molecule has 0 unspecified atom stereocenters. The molecule has 10 heteroatoms. The first kappa shape index (κ1) is 15.6. The van der Waals surface area contributed by atoms with Gasteiger partial charge in [0, 0.05) is 15.7 Å². The number of carboxylic acid groups (broad SMARTS) is 1. The van der Waals surface area contributed by atoms with Crippen LogP contribution in [0.3, 0.4) is 0 Å². The number of fused-ring (bicyclic) bond motifs is 2. The highest BCUT2D eigenvalue weighted by atomic mass is 32.2. The lowest BCUT2D eigenvalue weighted by molar-refractivity contribution is -0.149. The number of nitrogens with one attached hydrogen (secondary N) is 1. The molecule has 2 aromatic rings. The number of hydrogen-bond donors (Lipinski definition) is 2. The van der Waals surface area contributed by atoms with Crippen molar-refractivity contribution in [1.29, 1.82) is 0 Å². The van der Waals surface area contributed by atoms with Crippen LogP contribution >= 0.6 is 34.4 Å². The molecule has 0 aromatic carbocycles. The molecule has 124 valence electrons. The summed E-state index contributed by atoms with van der Waals surface area (Å²) in [6.07, 6.45) is 0. The standard InChI is InChI=1S/C14H10N2O5S3/c17-6(18)4-16-12(19)8-7(5-2-1-3-22-5)9-11(15-14(21)24-9)23-10(8)13(16)20/h1-3,7-8,10H,4H2,(H,15,21)(H,17,18)/t7-,8+,10-/m1/s1. The minimum atomic E-state index is -1.23. The highest BCUT2D eigenvalue weighted by Gasteiger charge is 2.56. The van der Waals surface area contributed by atoms with Crippen molar-refractivity contribution in [1.82, 2.24) is 9.88 Å². The number of nitrogens with zero attached hydrogens (tertiary/aromatic N) is 1. The summed E-state index contributed by atoms with van der Waals surface area (Å²) in [5.74, 6) is -3.29. The number of thioether (sulfide) groups is 1. The summed E-state index contributed by atoms with van der Waals surface area (Å²) in [5, 5.41) is 10.7. The summed E-state index contributed by atoms with van der Waals surface area (Å²) in [6, 6.07) is 3.72. The van der Waals surface area contributed by atoms with E-state index in [9.17, 15) is 19.2 Å². The van der Waals surface area contributed by atoms with Gasteiger partial charge < -0.3 is 10.1 Å². The molecule has 3 atom stereocenters. The normalized spacial score (nSPS) is 25.7. The monoisotopic (exact) mass is 382 g/mol. The zero-order valence-corrected chi connectivity index (χ0v) is 14.4. The molecule has 0 bridgehead atoms. The molecule has 0 aliphatic carbocycles. The molecule has 2 amide bonds. The summed E-state index contributed by atoms with van der Waals surface area (Å²) < 4.78 is 0. The number of thiazole rings is 1. The summed E-state index contributed by atoms with van der Waals surface area (Å²) in [6.45, 7) is -0.632. The van der Waals surface area contributed by atoms with E-state index in [0.717, 1.165) is 37.8 Å². The Balaban J connectivity index is 1.84. The molecule has 2 aromatic heterocycles. The Kier molecular flexibility index (Phi) is 3.62. The van der Waals surface area contributed by atoms with Gasteiger partial charge in [-0.3, -0.25) is 24.1 Å². The van der Waals surface area contributed by atoms with Crippen molar-refractivity contribution in [3.63, 3.8) is 0 Å². The zero-order chi connectivity index (χ0) is 17.0. The summed E-state index contributed by atoms with van der Waals surface area (Å²) in [5.41, 5.74) is 0. The maximum atomic E-state index is 12.8. The fourth-order valence-corrected chi connectivity index (χ4v) is 6.63. The number of likely N-dealkylation sites (tertiary alicyclic amines) is 1. The van der Waals surface area contributed by atoms with Crippen LogP contribution in [-0.4, -0.2) is 44.6 Å². The van der Waals surface area contributed by atoms with E-state index in [1.165, 1.54) is 11.3 Å². The second kappa shape index (κ2) is 5.57. The van der Waals surface area contributed by atoms with E-state index >= 15 is 0 Å². The first-order valence-electron chi connectivity index (χ1n) is 6.97. The maximum Gasteiger partial charge on any atom is 0.323 e. The molecule has 0 radical (unpaired) electrons. The van der Waals surface area contributed by atoms with Gasteiger partial charge in [-0.15, -0.1) is 11.3 Å². The molecular formula is C14H10N2O5S3. The van der Waals surface area contributed by atoms with E-state index < -0.39 is 41.4 Å². The highest BCUT2D eigenvalue weighted by Crippen LogP contribution is 2.53. The third kappa shape index (κ3) is 2.25. The van der Waals surface area contributed by atoms with Gasteiger partial charge in [0.2, 0.25) is 11.8 Å². The lowest BCUT2D eigenvalue weighted by atomic mass is 9.87. The number of carboxylic acids is 1. The van der Waals surface area contributed by atoms with E-state index in [0.29, 0.717) is 5.03 Å². The van der Waals surface area contributed by atoms with Crippen molar-refractivity contribution in [2.75, 3.05) is 6.54 Å². The number of hydrogen-bond acceptors (Lipinski definition) is 7. The topological polar surface area (TPSA) is 108 Å². The van der Waals surface area contributed by atoms with E-state index in [2.05, 4.69) is 4.98 Å². The molecule has 1 fully saturated rings. The fourth-order valence-electron chi connectivity index (χ4n) is 3.14. The van der Waals surface area contributed by atoms with Crippen molar-refractivity contribution < 1.29 is 19.5 Å². The first-order chi connectivity index (χ1) is 11.5. The van der Waals surface area contributed by atoms with Gasteiger partial charge in [-0.2, -0.15) is 0 Å². The second-order valence-corrected chi connectivity index (χ2v) is 8.57. The Hall–Kier alpha value is -1.91. The van der Waals surface area contributed by atoms with Gasteiger partial charge >= 0.3 is 10.8 Å². The molecule has 24 heavy (non-hydrogen) atoms. The quantitative estimate of drug-likeness (QED) is 0.772. The summed E-state index contributed by atoms with van der Waals surface area (Å²) in [7, 11) is 0. The number of aromatic amines is 1. The molecule has 2 N–H and O–H groups in total. The highest BCUT2D eigenvalue weighted by molar-refractivity contribution is 8.00. The van der Waals surface area contributed by atoms with Crippen molar-refractivity contribution in [3.05, 3.63) is 36.9 Å². The van der Waals surface area contributed by atoms with Gasteiger partial charge in [-0.05, 0) is 11.4 Å². The van der Waals surface area contributed by atoms with Crippen LogP contribution in [0.2, 0.25) is 0 Å². The van der Waals surface area contributed by atoms with E-state index in [4.69, 9.17) is 5.11 Å². The Morgan fingerprint density at radius 2 is 2.08 bits per heavy atom. The lowest BCUT2D eigenvalue weighted by Gasteiger charge is -2.28. The molecule has 4 heterocycles. The van der Waals surface area contributed by atoms with Gasteiger partial charge in [-0.25, -0.2) is 0 Å². The minimum absolute atomic E-state index is 0.226. The number of H-pyrrole nitrogens is 1. The van der Waals surface area contributed by atoms with Gasteiger partial charge in [0.15, 0.2) is 0 Å². The van der Waals surface area contributed by atoms with Crippen LogP contribution in [0.5, 0.6) is 0 Å². The minimum Gasteiger partial charge on any atom is -0.480 e. The third-order valence-corrected chi connectivity index (χ3v) is 7.41. The van der Waals surface area contributed by atoms with Gasteiger partial charge in [-0.1, -0.05) is 29.2 Å². The number of imide groups is 1. The average Bonchev–Trinajstić information content (AvgIpc) is 3.21. The lowest BCUT2D eigenvalue weighted by Crippen LogP contribution is -2.36. The zero-order valence-electron chi connectivity index (χ0n) is 11.9. The average molecular weight is 382 g/mol. The van der Waals surface area contributed by atoms with E-state index in [1.54, 1.807) is 0 Å². The molecular weight excluding hydrogens is 372 g/mol. The number of rotatable bonds is 3. The molecule has 2 aliphatic heterocycles. The van der Waals surface area contributed by atoms with Crippen LogP contribution in [-0.2, 0) is 14.4 Å². The third-order valence-electron chi connectivity index (χ3n) is 4.06. The largest absolute Gasteiger partial charge is 0.480 e. The second-order valence-electron chi connectivity index (χ2n) is 5.42. The van der Waals surface area contributed by atoms with Crippen LogP contribution in [0.25, 0.3) is 0 Å². The molecule has 4 rings (SSSR count). The Morgan fingerprint density at radius 3 is 2.75 bits per heavy atom. The van der Waals surface area contributed by atoms with Gasteiger partial charge in [0.05, 0.1) is 10.9 Å². The van der Waals surface area contributed by atoms with Crippen molar-refractivity contribution in [2.24, 2.45) is 5.92 Å². The molecule has 0 saturated carbocycles. The van der Waals surface area contributed by atoms with Crippen molar-refractivity contribution >= 4 is 52.2 Å². The first-order valence-corrected chi connectivity index (χ1v) is 9.55. The molecule has 1 saturated heterocycles. The molecule has 2 aliphatic rings. The van der Waals surface area contributed by atoms with Crippen LogP contribution < -0.4 is 4.87 Å². The predicted octanol–water partition coefficient (Wildman–Crippen LogP) is 1.17. The maximum absolute atomic E-state index is 12.8. The summed E-state index contributed by atoms with van der Waals surface area (Å²) in [4.78, 5) is 53.0. The molecule has 0 spiro atoms. The van der Waals surface area contributed by atoms with Crippen LogP contribution in [0.4, 0.5) is 0 Å². The number of carbonyl (C=O) groups excluding carboxylic acids is 2. The summed E-state index contributed by atoms with van der Waals surface area (Å²) >= 11 is 3.64. The van der Waals surface area contributed by atoms with E-state index in [-0.39, 0.29) is 4.87 Å². The SMILES string of the molecule is O=C(O)CN1C(=O)[C@H]2[C@@H](c3cccs3)c3sc(=O)[nH]c3S[C@H]2C1=O. The van der Waals surface area contributed by atoms with Gasteiger partial charge in [0.1, 0.15) is 11.8 Å². The van der Waals surface area contributed by atoms with Crippen molar-refractivity contribution in [2.45, 2.75) is 16.2 Å². The number of thiophene rings is 1. The Labute approximate surface area is 147 Å². The fraction of sp³-hybridized carbons (Fsp3) is 0.286. The van der Waals surface area contributed by atoms with E-state index in [1.807, 2.05) is 17.5 Å². The van der Waals surface area contributed by atoms with Gasteiger partial charge in [0.25, 0.3) is 0 Å². The molecule has 7 nitrogen and oxygen atoms in total. The van der Waals surface area contributed by atoms with Crippen LogP contribution in [0.1, 0.15) is 15.7 Å². The van der Waals surface area contributed by atoms with Crippen LogP contribution in [0.15, 0.2) is 27.3 Å². The number of carbonyl (C=O) groups is 3. The van der Waals surface area contributed by atoms with Crippen molar-refractivity contribution in [3.8, 4) is 0 Å².